The largest absolute Gasteiger partial charge is 0.508 e. The van der Waals surface area contributed by atoms with Gasteiger partial charge in [-0.25, -0.2) is 0 Å². The summed E-state index contributed by atoms with van der Waals surface area (Å²) in [6.45, 7) is 1.82. The highest BCUT2D eigenvalue weighted by atomic mass is 35.5. The lowest BCUT2D eigenvalue weighted by Crippen LogP contribution is -2.39. The number of hydrogen-bond donors (Lipinski definition) is 2. The molecule has 1 aliphatic heterocycles. The van der Waals surface area contributed by atoms with E-state index in [4.69, 9.17) is 25.5 Å². The highest BCUT2D eigenvalue weighted by molar-refractivity contribution is 6.31. The van der Waals surface area contributed by atoms with Gasteiger partial charge >= 0.3 is 5.97 Å². The third kappa shape index (κ3) is 4.66. The van der Waals surface area contributed by atoms with Crippen LogP contribution in [0.2, 0.25) is 5.02 Å². The molecule has 3 aromatic rings. The first-order valence-electron chi connectivity index (χ1n) is 10.5. The van der Waals surface area contributed by atoms with Gasteiger partial charge in [0, 0.05) is 16.5 Å². The lowest BCUT2D eigenvalue weighted by atomic mass is 9.81. The second-order valence-corrected chi connectivity index (χ2v) is 8.29. The van der Waals surface area contributed by atoms with Crippen molar-refractivity contribution in [2.75, 3.05) is 6.61 Å². The Bertz CT molecular complexity index is 1250. The molecule has 1 saturated heterocycles. The molecule has 4 unspecified atom stereocenters. The van der Waals surface area contributed by atoms with Crippen LogP contribution in [-0.2, 0) is 14.3 Å². The van der Waals surface area contributed by atoms with Gasteiger partial charge in [0.05, 0.1) is 29.6 Å². The molecule has 1 fully saturated rings. The van der Waals surface area contributed by atoms with Gasteiger partial charge in [0.2, 0.25) is 5.43 Å². The van der Waals surface area contributed by atoms with Crippen LogP contribution >= 0.6 is 11.6 Å². The van der Waals surface area contributed by atoms with E-state index in [1.807, 2.05) is 6.92 Å². The summed E-state index contributed by atoms with van der Waals surface area (Å²) >= 11 is 6.04. The van der Waals surface area contributed by atoms with Crippen LogP contribution in [0.25, 0.3) is 11.0 Å². The van der Waals surface area contributed by atoms with E-state index in [2.05, 4.69) is 0 Å². The molecular weight excluding hydrogens is 448 g/mol. The molecule has 0 aliphatic carbocycles. The van der Waals surface area contributed by atoms with Crippen molar-refractivity contribution < 1.29 is 28.9 Å². The summed E-state index contributed by atoms with van der Waals surface area (Å²) in [5.41, 5.74) is 0.568. The molecule has 0 saturated carbocycles. The summed E-state index contributed by atoms with van der Waals surface area (Å²) in [5.74, 6) is -2.45. The van der Waals surface area contributed by atoms with Crippen LogP contribution in [0.3, 0.4) is 0 Å². The van der Waals surface area contributed by atoms with Crippen molar-refractivity contribution in [1.82, 2.24) is 0 Å². The Kier molecular flexibility index (Phi) is 6.83. The van der Waals surface area contributed by atoms with E-state index in [9.17, 15) is 19.8 Å². The van der Waals surface area contributed by atoms with E-state index in [0.29, 0.717) is 16.2 Å². The zero-order chi connectivity index (χ0) is 23.5. The van der Waals surface area contributed by atoms with E-state index in [1.165, 1.54) is 18.4 Å². The number of carbonyl (C=O) groups is 1. The van der Waals surface area contributed by atoms with Gasteiger partial charge in [-0.2, -0.15) is 0 Å². The van der Waals surface area contributed by atoms with E-state index in [0.717, 1.165) is 0 Å². The number of phenolic OH excluding ortho intramolecular Hbond substituents is 1. The van der Waals surface area contributed by atoms with E-state index < -0.39 is 30.2 Å². The first kappa shape index (κ1) is 23.0. The summed E-state index contributed by atoms with van der Waals surface area (Å²) in [4.78, 5) is 25.2. The van der Waals surface area contributed by atoms with Gasteiger partial charge in [0.15, 0.2) is 6.29 Å². The van der Waals surface area contributed by atoms with Gasteiger partial charge in [0.1, 0.15) is 17.6 Å². The molecule has 2 N–H and O–H groups in total. The fourth-order valence-corrected chi connectivity index (χ4v) is 4.28. The summed E-state index contributed by atoms with van der Waals surface area (Å²) in [6, 6.07) is 11.3. The highest BCUT2D eigenvalue weighted by Gasteiger charge is 2.42. The number of ether oxygens (including phenoxy) is 2. The molecule has 0 spiro atoms. The Hall–Kier alpha value is -3.13. The normalized spacial score (nSPS) is 21.9. The Morgan fingerprint density at radius 2 is 2.03 bits per heavy atom. The van der Waals surface area contributed by atoms with Gasteiger partial charge in [0.25, 0.3) is 0 Å². The van der Waals surface area contributed by atoms with Crippen LogP contribution in [0, 0.1) is 11.8 Å². The number of carboxylic acid groups (broad SMARTS) is 1. The number of hydrogen-bond acceptors (Lipinski definition) is 6. The second-order valence-electron chi connectivity index (χ2n) is 7.85. The molecule has 0 bridgehead atoms. The van der Waals surface area contributed by atoms with E-state index >= 15 is 0 Å². The zero-order valence-electron chi connectivity index (χ0n) is 17.8. The fraction of sp³-hybridized carbons (Fsp3) is 0.280. The molecular formula is C25H23ClO7. The first-order chi connectivity index (χ1) is 15.9. The maximum absolute atomic E-state index is 13.1. The smallest absolute Gasteiger partial charge is 0.307 e. The Labute approximate surface area is 194 Å². The van der Waals surface area contributed by atoms with Crippen molar-refractivity contribution in [1.29, 1.82) is 0 Å². The molecule has 172 valence electrons. The van der Waals surface area contributed by atoms with Crippen LogP contribution < -0.4 is 5.43 Å². The summed E-state index contributed by atoms with van der Waals surface area (Å²) in [5, 5.41) is 21.0. The van der Waals surface area contributed by atoms with Crippen LogP contribution in [-0.4, -0.2) is 22.8 Å². The predicted octanol–water partition coefficient (Wildman–Crippen LogP) is 5.22. The molecule has 1 aromatic heterocycles. The van der Waals surface area contributed by atoms with Crippen molar-refractivity contribution in [2.45, 2.75) is 25.7 Å². The minimum absolute atomic E-state index is 0.00517. The molecule has 1 aliphatic rings. The molecule has 7 nitrogen and oxygen atoms in total. The number of aliphatic carboxylic acids is 1. The molecule has 4 rings (SSSR count). The third-order valence-electron chi connectivity index (χ3n) is 5.82. The second kappa shape index (κ2) is 9.79. The number of benzene rings is 2. The molecule has 0 radical (unpaired) electrons. The van der Waals surface area contributed by atoms with Crippen molar-refractivity contribution >= 4 is 28.5 Å². The van der Waals surface area contributed by atoms with Crippen LogP contribution in [0.4, 0.5) is 0 Å². The maximum Gasteiger partial charge on any atom is 0.307 e. The Morgan fingerprint density at radius 1 is 1.24 bits per heavy atom. The van der Waals surface area contributed by atoms with Crippen LogP contribution in [0.15, 0.2) is 70.1 Å². The Balaban J connectivity index is 1.75. The Morgan fingerprint density at radius 3 is 2.76 bits per heavy atom. The van der Waals surface area contributed by atoms with Crippen molar-refractivity contribution in [2.24, 2.45) is 11.8 Å². The number of phenols is 1. The quantitative estimate of drug-likeness (QED) is 0.475. The minimum Gasteiger partial charge on any atom is -0.508 e. The topological polar surface area (TPSA) is 106 Å². The standard InChI is InChI=1S/C25H23ClO7/c1-2-3-6-15(24(29)30)18-12-32-25(33-23(18)16-7-4-5-8-20(16)27)19-13-31-21-10-9-14(26)11-17(21)22(19)28/h2-5,7-11,13,15,18,23,25,27H,6,12H2,1H3,(H,29,30). The lowest BCUT2D eigenvalue weighted by Gasteiger charge is -2.39. The van der Waals surface area contributed by atoms with Gasteiger partial charge in [-0.05, 0) is 37.6 Å². The van der Waals surface area contributed by atoms with Gasteiger partial charge in [-0.3, -0.25) is 9.59 Å². The lowest BCUT2D eigenvalue weighted by molar-refractivity contribution is -0.254. The van der Waals surface area contributed by atoms with Crippen molar-refractivity contribution in [3.8, 4) is 5.75 Å². The number of rotatable bonds is 6. The van der Waals surface area contributed by atoms with Gasteiger partial charge in [-0.1, -0.05) is 42.0 Å². The average Bonchev–Trinajstić information content (AvgIpc) is 2.80. The monoisotopic (exact) mass is 470 g/mol. The van der Waals surface area contributed by atoms with Gasteiger partial charge in [-0.15, -0.1) is 0 Å². The number of carboxylic acids is 1. The molecule has 2 aromatic carbocycles. The summed E-state index contributed by atoms with van der Waals surface area (Å²) in [6.07, 6.45) is 3.17. The molecule has 4 atom stereocenters. The van der Waals surface area contributed by atoms with Crippen molar-refractivity contribution in [3.63, 3.8) is 0 Å². The zero-order valence-corrected chi connectivity index (χ0v) is 18.6. The SMILES string of the molecule is CC=CCC(C(=O)O)C1COC(c2coc3ccc(Cl)cc3c2=O)OC1c1ccccc1O. The van der Waals surface area contributed by atoms with E-state index in [-0.39, 0.29) is 35.2 Å². The predicted molar refractivity (Wildman–Crippen MR) is 122 cm³/mol. The maximum atomic E-state index is 13.1. The van der Waals surface area contributed by atoms with Crippen molar-refractivity contribution in [3.05, 3.63) is 87.3 Å². The number of halogens is 1. The molecule has 2 heterocycles. The molecule has 33 heavy (non-hydrogen) atoms. The average molecular weight is 471 g/mol. The van der Waals surface area contributed by atoms with E-state index in [1.54, 1.807) is 42.5 Å². The summed E-state index contributed by atoms with van der Waals surface area (Å²) in [7, 11) is 0. The van der Waals surface area contributed by atoms with Crippen LogP contribution in [0.1, 0.15) is 36.9 Å². The highest BCUT2D eigenvalue weighted by Crippen LogP contribution is 2.44. The number of aromatic hydroxyl groups is 1. The third-order valence-corrected chi connectivity index (χ3v) is 6.05. The van der Waals surface area contributed by atoms with Gasteiger partial charge < -0.3 is 24.1 Å². The number of para-hydroxylation sites is 1. The first-order valence-corrected chi connectivity index (χ1v) is 10.9. The number of allylic oxidation sites excluding steroid dienone is 2. The minimum atomic E-state index is -1.11. The molecule has 0 amide bonds. The van der Waals surface area contributed by atoms with Crippen LogP contribution in [0.5, 0.6) is 5.75 Å². The number of fused-ring (bicyclic) bond motifs is 1. The molecule has 8 heteroatoms. The summed E-state index contributed by atoms with van der Waals surface area (Å²) < 4.78 is 17.6. The fourth-order valence-electron chi connectivity index (χ4n) is 4.10.